The van der Waals surface area contributed by atoms with Crippen molar-refractivity contribution in [3.05, 3.63) is 59.9 Å². The van der Waals surface area contributed by atoms with Gasteiger partial charge in [-0.1, -0.05) is 6.07 Å². The second-order valence-corrected chi connectivity index (χ2v) is 4.95. The molecule has 0 aliphatic rings. The van der Waals surface area contributed by atoms with E-state index in [-0.39, 0.29) is 5.69 Å². The van der Waals surface area contributed by atoms with Crippen LogP contribution in [0.1, 0.15) is 5.56 Å². The fourth-order valence-corrected chi connectivity index (χ4v) is 2.14. The van der Waals surface area contributed by atoms with E-state index in [1.54, 1.807) is 7.11 Å². The molecule has 3 aromatic rings. The van der Waals surface area contributed by atoms with E-state index in [0.717, 1.165) is 23.1 Å². The van der Waals surface area contributed by atoms with Crippen LogP contribution in [0.15, 0.2) is 42.7 Å². The highest BCUT2D eigenvalue weighted by atomic mass is 19.1. The number of anilines is 2. The SMILES string of the molecule is COc1cc(Nc2ncn(-c3cc(F)cc(F)c3)n2)ccc1C. The summed E-state index contributed by atoms with van der Waals surface area (Å²) >= 11 is 0. The van der Waals surface area contributed by atoms with Crippen LogP contribution in [0.25, 0.3) is 5.69 Å². The zero-order valence-corrected chi connectivity index (χ0v) is 12.5. The Morgan fingerprint density at radius 2 is 1.83 bits per heavy atom. The van der Waals surface area contributed by atoms with Crippen LogP contribution in [-0.4, -0.2) is 21.9 Å². The number of benzene rings is 2. The molecule has 7 heteroatoms. The Hall–Kier alpha value is -2.96. The first-order valence-electron chi connectivity index (χ1n) is 6.85. The van der Waals surface area contributed by atoms with E-state index in [9.17, 15) is 8.78 Å². The van der Waals surface area contributed by atoms with Crippen molar-refractivity contribution in [2.75, 3.05) is 12.4 Å². The van der Waals surface area contributed by atoms with E-state index in [2.05, 4.69) is 15.4 Å². The summed E-state index contributed by atoms with van der Waals surface area (Å²) in [4.78, 5) is 4.08. The maximum atomic E-state index is 13.3. The van der Waals surface area contributed by atoms with E-state index in [0.29, 0.717) is 5.95 Å². The Balaban J connectivity index is 1.85. The molecule has 0 spiro atoms. The average Bonchev–Trinajstić information content (AvgIpc) is 2.97. The average molecular weight is 316 g/mol. The second kappa shape index (κ2) is 6.04. The summed E-state index contributed by atoms with van der Waals surface area (Å²) in [6.45, 7) is 1.94. The first kappa shape index (κ1) is 15.0. The molecular formula is C16H14F2N4O. The minimum Gasteiger partial charge on any atom is -0.496 e. The van der Waals surface area contributed by atoms with Crippen molar-refractivity contribution >= 4 is 11.6 Å². The summed E-state index contributed by atoms with van der Waals surface area (Å²) in [6.07, 6.45) is 1.38. The van der Waals surface area contributed by atoms with Crippen LogP contribution in [0.5, 0.6) is 5.75 Å². The molecule has 0 saturated carbocycles. The summed E-state index contributed by atoms with van der Waals surface area (Å²) in [6, 6.07) is 8.74. The third kappa shape index (κ3) is 3.28. The fraction of sp³-hybridized carbons (Fsp3) is 0.125. The molecule has 0 radical (unpaired) electrons. The Morgan fingerprint density at radius 1 is 1.09 bits per heavy atom. The van der Waals surface area contributed by atoms with Crippen molar-refractivity contribution in [1.82, 2.24) is 14.8 Å². The van der Waals surface area contributed by atoms with E-state index in [4.69, 9.17) is 4.74 Å². The lowest BCUT2D eigenvalue weighted by atomic mass is 10.2. The number of rotatable bonds is 4. The van der Waals surface area contributed by atoms with Crippen molar-refractivity contribution < 1.29 is 13.5 Å². The Morgan fingerprint density at radius 3 is 2.52 bits per heavy atom. The number of nitrogens with one attached hydrogen (secondary N) is 1. The molecule has 0 unspecified atom stereocenters. The van der Waals surface area contributed by atoms with E-state index in [1.807, 2.05) is 25.1 Å². The van der Waals surface area contributed by atoms with Crippen LogP contribution in [0.3, 0.4) is 0 Å². The van der Waals surface area contributed by atoms with Gasteiger partial charge in [-0.05, 0) is 30.7 Å². The Bertz CT molecular complexity index is 828. The van der Waals surface area contributed by atoms with Crippen LogP contribution < -0.4 is 10.1 Å². The number of ether oxygens (including phenoxy) is 1. The molecule has 1 aromatic heterocycles. The molecule has 0 atom stereocenters. The van der Waals surface area contributed by atoms with Crippen molar-refractivity contribution in [3.63, 3.8) is 0 Å². The largest absolute Gasteiger partial charge is 0.496 e. The molecule has 0 amide bonds. The van der Waals surface area contributed by atoms with E-state index in [1.165, 1.54) is 23.1 Å². The van der Waals surface area contributed by atoms with Crippen molar-refractivity contribution in [2.45, 2.75) is 6.92 Å². The third-order valence-corrected chi connectivity index (χ3v) is 3.27. The van der Waals surface area contributed by atoms with Gasteiger partial charge in [-0.25, -0.2) is 13.5 Å². The molecule has 3 rings (SSSR count). The van der Waals surface area contributed by atoms with Gasteiger partial charge in [0, 0.05) is 17.8 Å². The zero-order valence-electron chi connectivity index (χ0n) is 12.5. The molecule has 0 aliphatic carbocycles. The summed E-state index contributed by atoms with van der Waals surface area (Å²) in [5, 5.41) is 7.17. The maximum Gasteiger partial charge on any atom is 0.246 e. The summed E-state index contributed by atoms with van der Waals surface area (Å²) in [5.74, 6) is -0.302. The number of halogens is 2. The number of aromatic nitrogens is 3. The Labute approximate surface area is 131 Å². The van der Waals surface area contributed by atoms with E-state index >= 15 is 0 Å². The zero-order chi connectivity index (χ0) is 16.4. The number of methoxy groups -OCH3 is 1. The van der Waals surface area contributed by atoms with Crippen LogP contribution in [0.2, 0.25) is 0 Å². The number of nitrogens with zero attached hydrogens (tertiary/aromatic N) is 3. The van der Waals surface area contributed by atoms with Crippen LogP contribution in [0.4, 0.5) is 20.4 Å². The molecule has 2 aromatic carbocycles. The molecule has 0 bridgehead atoms. The highest BCUT2D eigenvalue weighted by molar-refractivity contribution is 5.57. The van der Waals surface area contributed by atoms with Crippen molar-refractivity contribution in [2.24, 2.45) is 0 Å². The smallest absolute Gasteiger partial charge is 0.246 e. The van der Waals surface area contributed by atoms with Gasteiger partial charge in [0.05, 0.1) is 12.8 Å². The van der Waals surface area contributed by atoms with Crippen molar-refractivity contribution in [1.29, 1.82) is 0 Å². The van der Waals surface area contributed by atoms with Gasteiger partial charge in [-0.2, -0.15) is 4.98 Å². The topological polar surface area (TPSA) is 52.0 Å². The fourth-order valence-electron chi connectivity index (χ4n) is 2.14. The monoisotopic (exact) mass is 316 g/mol. The van der Waals surface area contributed by atoms with Gasteiger partial charge >= 0.3 is 0 Å². The van der Waals surface area contributed by atoms with Crippen LogP contribution >= 0.6 is 0 Å². The minimum absolute atomic E-state index is 0.254. The molecule has 0 aliphatic heterocycles. The predicted octanol–water partition coefficient (Wildman–Crippen LogP) is 3.61. The first-order chi connectivity index (χ1) is 11.0. The van der Waals surface area contributed by atoms with Gasteiger partial charge in [0.15, 0.2) is 0 Å². The lowest BCUT2D eigenvalue weighted by Gasteiger charge is -2.07. The summed E-state index contributed by atoms with van der Waals surface area (Å²) < 4.78 is 33.1. The summed E-state index contributed by atoms with van der Waals surface area (Å²) in [5.41, 5.74) is 2.01. The van der Waals surface area contributed by atoms with Crippen molar-refractivity contribution in [3.8, 4) is 11.4 Å². The molecule has 118 valence electrons. The van der Waals surface area contributed by atoms with Gasteiger partial charge in [0.1, 0.15) is 23.7 Å². The molecule has 0 fully saturated rings. The predicted molar refractivity (Wildman–Crippen MR) is 82.3 cm³/mol. The molecule has 5 nitrogen and oxygen atoms in total. The normalized spacial score (nSPS) is 10.6. The minimum atomic E-state index is -0.673. The van der Waals surface area contributed by atoms with Gasteiger partial charge < -0.3 is 10.1 Å². The molecule has 23 heavy (non-hydrogen) atoms. The van der Waals surface area contributed by atoms with Crippen LogP contribution in [0, 0.1) is 18.6 Å². The van der Waals surface area contributed by atoms with Gasteiger partial charge in [-0.3, -0.25) is 0 Å². The van der Waals surface area contributed by atoms with Gasteiger partial charge in [0.25, 0.3) is 0 Å². The number of aryl methyl sites for hydroxylation is 1. The molecule has 0 saturated heterocycles. The highest BCUT2D eigenvalue weighted by Crippen LogP contribution is 2.24. The second-order valence-electron chi connectivity index (χ2n) is 4.95. The summed E-state index contributed by atoms with van der Waals surface area (Å²) in [7, 11) is 1.59. The standard InChI is InChI=1S/C16H14F2N4O/c1-10-3-4-13(8-15(10)23-2)20-16-19-9-22(21-16)14-6-11(17)5-12(18)7-14/h3-9H,1-2H3,(H,20,21). The Kier molecular flexibility index (Phi) is 3.92. The highest BCUT2D eigenvalue weighted by Gasteiger charge is 2.07. The lowest BCUT2D eigenvalue weighted by molar-refractivity contribution is 0.412. The van der Waals surface area contributed by atoms with Crippen LogP contribution in [-0.2, 0) is 0 Å². The quantitative estimate of drug-likeness (QED) is 0.799. The molecule has 1 heterocycles. The van der Waals surface area contributed by atoms with Gasteiger partial charge in [-0.15, -0.1) is 5.10 Å². The van der Waals surface area contributed by atoms with E-state index < -0.39 is 11.6 Å². The number of hydrogen-bond donors (Lipinski definition) is 1. The first-order valence-corrected chi connectivity index (χ1v) is 6.85. The lowest BCUT2D eigenvalue weighted by Crippen LogP contribution is -1.99. The number of hydrogen-bond acceptors (Lipinski definition) is 4. The molecule has 1 N–H and O–H groups in total. The maximum absolute atomic E-state index is 13.3. The van der Waals surface area contributed by atoms with Gasteiger partial charge in [0.2, 0.25) is 5.95 Å². The third-order valence-electron chi connectivity index (χ3n) is 3.27. The molecular weight excluding hydrogens is 302 g/mol.